The molecule has 0 saturated heterocycles. The highest BCUT2D eigenvalue weighted by Gasteiger charge is 2.24. The van der Waals surface area contributed by atoms with E-state index in [1.807, 2.05) is 41.3 Å². The molecule has 0 N–H and O–H groups in total. The molecule has 1 amide bonds. The van der Waals surface area contributed by atoms with E-state index in [2.05, 4.69) is 24.1 Å². The third kappa shape index (κ3) is 3.55. The molecular weight excluding hydrogens is 330 g/mol. The van der Waals surface area contributed by atoms with Gasteiger partial charge in [-0.2, -0.15) is 0 Å². The zero-order chi connectivity index (χ0) is 18.6. The normalized spacial score (nSPS) is 14.9. The summed E-state index contributed by atoms with van der Waals surface area (Å²) in [4.78, 5) is 15.6. The number of nitrogens with zero attached hydrogens (tertiary/aromatic N) is 1. The Balaban J connectivity index is 1.80. The summed E-state index contributed by atoms with van der Waals surface area (Å²) < 4.78 is 0. The smallest absolute Gasteiger partial charge is 0.255 e. The first kappa shape index (κ1) is 17.6. The Hall–Kier alpha value is -2.79. The van der Waals surface area contributed by atoms with Gasteiger partial charge in [-0.15, -0.1) is 6.42 Å². The summed E-state index contributed by atoms with van der Waals surface area (Å²) in [5.41, 5.74) is 0.787. The first-order valence-corrected chi connectivity index (χ1v) is 9.91. The van der Waals surface area contributed by atoms with Gasteiger partial charge in [-0.05, 0) is 46.4 Å². The molecule has 0 unspecified atom stereocenters. The summed E-state index contributed by atoms with van der Waals surface area (Å²) in [6.45, 7) is 1.13. The van der Waals surface area contributed by atoms with E-state index in [-0.39, 0.29) is 5.91 Å². The maximum absolute atomic E-state index is 13.7. The average molecular weight is 355 g/mol. The van der Waals surface area contributed by atoms with Gasteiger partial charge in [0.05, 0.1) is 12.1 Å². The van der Waals surface area contributed by atoms with E-state index in [0.29, 0.717) is 12.5 Å². The SMILES string of the molecule is C#CCN(CC1CCCCC1)C(=O)c1c2ccccc2cc2ccccc12. The Morgan fingerprint density at radius 2 is 1.56 bits per heavy atom. The molecule has 1 aliphatic rings. The van der Waals surface area contributed by atoms with E-state index >= 15 is 0 Å². The number of amides is 1. The lowest BCUT2D eigenvalue weighted by molar-refractivity contribution is 0.0743. The third-order valence-corrected chi connectivity index (χ3v) is 5.76. The molecule has 3 aromatic carbocycles. The highest BCUT2D eigenvalue weighted by Crippen LogP contribution is 2.31. The van der Waals surface area contributed by atoms with Crippen molar-refractivity contribution in [3.05, 3.63) is 60.2 Å². The fourth-order valence-electron chi connectivity index (χ4n) is 4.41. The van der Waals surface area contributed by atoms with E-state index < -0.39 is 0 Å². The van der Waals surface area contributed by atoms with Crippen LogP contribution in [0.25, 0.3) is 21.5 Å². The number of carbonyl (C=O) groups is 1. The maximum atomic E-state index is 13.7. The van der Waals surface area contributed by atoms with Crippen LogP contribution in [0.4, 0.5) is 0 Å². The minimum Gasteiger partial charge on any atom is -0.327 e. The Kier molecular flexibility index (Phi) is 5.12. The highest BCUT2D eigenvalue weighted by atomic mass is 16.2. The van der Waals surface area contributed by atoms with Crippen molar-refractivity contribution in [3.8, 4) is 12.3 Å². The molecule has 3 aromatic rings. The molecule has 0 heterocycles. The van der Waals surface area contributed by atoms with Crippen LogP contribution >= 0.6 is 0 Å². The molecule has 1 aliphatic carbocycles. The zero-order valence-corrected chi connectivity index (χ0v) is 15.7. The molecule has 27 heavy (non-hydrogen) atoms. The Morgan fingerprint density at radius 3 is 2.15 bits per heavy atom. The number of rotatable bonds is 4. The molecule has 1 saturated carbocycles. The van der Waals surface area contributed by atoms with Crippen molar-refractivity contribution in [1.82, 2.24) is 4.90 Å². The van der Waals surface area contributed by atoms with Gasteiger partial charge < -0.3 is 4.90 Å². The minimum atomic E-state index is 0.0616. The molecule has 0 aliphatic heterocycles. The van der Waals surface area contributed by atoms with E-state index in [0.717, 1.165) is 33.7 Å². The van der Waals surface area contributed by atoms with Crippen LogP contribution in [0, 0.1) is 18.3 Å². The molecule has 1 fully saturated rings. The number of hydrogen-bond acceptors (Lipinski definition) is 1. The number of fused-ring (bicyclic) bond motifs is 2. The van der Waals surface area contributed by atoms with Gasteiger partial charge in [-0.25, -0.2) is 0 Å². The molecule has 0 spiro atoms. The van der Waals surface area contributed by atoms with Gasteiger partial charge in [-0.1, -0.05) is 73.7 Å². The summed E-state index contributed by atoms with van der Waals surface area (Å²) in [6.07, 6.45) is 11.9. The van der Waals surface area contributed by atoms with Crippen molar-refractivity contribution in [3.63, 3.8) is 0 Å². The van der Waals surface area contributed by atoms with Crippen LogP contribution in [0.5, 0.6) is 0 Å². The Morgan fingerprint density at radius 1 is 0.963 bits per heavy atom. The van der Waals surface area contributed by atoms with Crippen LogP contribution in [0.3, 0.4) is 0 Å². The van der Waals surface area contributed by atoms with Crippen LogP contribution in [0.1, 0.15) is 42.5 Å². The van der Waals surface area contributed by atoms with Crippen LogP contribution in [0.15, 0.2) is 54.6 Å². The number of hydrogen-bond donors (Lipinski definition) is 0. The van der Waals surface area contributed by atoms with Crippen molar-refractivity contribution in [2.24, 2.45) is 5.92 Å². The lowest BCUT2D eigenvalue weighted by Gasteiger charge is -2.29. The van der Waals surface area contributed by atoms with Gasteiger partial charge in [0.2, 0.25) is 0 Å². The van der Waals surface area contributed by atoms with Crippen LogP contribution < -0.4 is 0 Å². The number of terminal acetylenes is 1. The first-order valence-electron chi connectivity index (χ1n) is 9.91. The van der Waals surface area contributed by atoms with Gasteiger partial charge >= 0.3 is 0 Å². The van der Waals surface area contributed by atoms with Gasteiger partial charge in [-0.3, -0.25) is 4.79 Å². The Bertz CT molecular complexity index is 954. The van der Waals surface area contributed by atoms with Crippen molar-refractivity contribution >= 4 is 27.5 Å². The molecule has 0 atom stereocenters. The van der Waals surface area contributed by atoms with Gasteiger partial charge in [0.25, 0.3) is 5.91 Å². The molecule has 2 nitrogen and oxygen atoms in total. The van der Waals surface area contributed by atoms with Crippen molar-refractivity contribution < 1.29 is 4.79 Å². The third-order valence-electron chi connectivity index (χ3n) is 5.76. The summed E-state index contributed by atoms with van der Waals surface area (Å²) >= 11 is 0. The number of benzene rings is 3. The van der Waals surface area contributed by atoms with Gasteiger partial charge in [0, 0.05) is 6.54 Å². The van der Waals surface area contributed by atoms with Crippen LogP contribution in [0.2, 0.25) is 0 Å². The fraction of sp³-hybridized carbons (Fsp3) is 0.320. The van der Waals surface area contributed by atoms with Crippen LogP contribution in [-0.4, -0.2) is 23.9 Å². The molecule has 0 aromatic heterocycles. The summed E-state index contributed by atoms with van der Waals surface area (Å²) in [7, 11) is 0. The minimum absolute atomic E-state index is 0.0616. The largest absolute Gasteiger partial charge is 0.327 e. The lowest BCUT2D eigenvalue weighted by atomic mass is 9.88. The summed E-state index contributed by atoms with van der Waals surface area (Å²) in [5, 5.41) is 4.20. The second-order valence-corrected chi connectivity index (χ2v) is 7.59. The second-order valence-electron chi connectivity index (χ2n) is 7.59. The van der Waals surface area contributed by atoms with E-state index in [1.165, 1.54) is 32.1 Å². The second kappa shape index (κ2) is 7.84. The summed E-state index contributed by atoms with van der Waals surface area (Å²) in [6, 6.07) is 18.4. The first-order chi connectivity index (χ1) is 13.3. The molecule has 2 heteroatoms. The van der Waals surface area contributed by atoms with Crippen LogP contribution in [-0.2, 0) is 0 Å². The molecule has 0 bridgehead atoms. The monoisotopic (exact) mass is 355 g/mol. The fourth-order valence-corrected chi connectivity index (χ4v) is 4.41. The van der Waals surface area contributed by atoms with Crippen molar-refractivity contribution in [2.45, 2.75) is 32.1 Å². The van der Waals surface area contributed by atoms with Crippen molar-refractivity contribution in [1.29, 1.82) is 0 Å². The van der Waals surface area contributed by atoms with Crippen molar-refractivity contribution in [2.75, 3.05) is 13.1 Å². The topological polar surface area (TPSA) is 20.3 Å². The van der Waals surface area contributed by atoms with E-state index in [4.69, 9.17) is 6.42 Å². The zero-order valence-electron chi connectivity index (χ0n) is 15.7. The Labute approximate surface area is 161 Å². The molecule has 4 rings (SSSR count). The number of carbonyl (C=O) groups excluding carboxylic acids is 1. The van der Waals surface area contributed by atoms with Gasteiger partial charge in [0.1, 0.15) is 0 Å². The highest BCUT2D eigenvalue weighted by molar-refractivity contribution is 6.18. The van der Waals surface area contributed by atoms with E-state index in [1.54, 1.807) is 0 Å². The van der Waals surface area contributed by atoms with Gasteiger partial charge in [0.15, 0.2) is 0 Å². The molecule has 136 valence electrons. The van der Waals surface area contributed by atoms with E-state index in [9.17, 15) is 4.79 Å². The summed E-state index contributed by atoms with van der Waals surface area (Å²) in [5.74, 6) is 3.34. The molecule has 0 radical (unpaired) electrons. The lowest BCUT2D eigenvalue weighted by Crippen LogP contribution is -2.36. The maximum Gasteiger partial charge on any atom is 0.255 e. The predicted molar refractivity (Wildman–Crippen MR) is 113 cm³/mol. The predicted octanol–water partition coefficient (Wildman–Crippen LogP) is 5.65. The quantitative estimate of drug-likeness (QED) is 0.437. The standard InChI is InChI=1S/C25H25NO/c1-2-16-26(18-19-10-4-3-5-11-19)25(27)24-22-14-8-6-12-20(22)17-21-13-7-9-15-23(21)24/h1,6-9,12-15,17,19H,3-5,10-11,16,18H2. The average Bonchev–Trinajstić information content (AvgIpc) is 2.72. The molecular formula is C25H25NO.